The van der Waals surface area contributed by atoms with Crippen molar-refractivity contribution < 1.29 is 9.53 Å². The van der Waals surface area contributed by atoms with Gasteiger partial charge in [0.1, 0.15) is 6.10 Å². The average molecular weight is 261 g/mol. The van der Waals surface area contributed by atoms with Crippen LogP contribution in [0.2, 0.25) is 0 Å². The molecule has 0 aliphatic carbocycles. The molecule has 1 aliphatic heterocycles. The molecule has 0 saturated carbocycles. The number of carbonyl (C=O) groups excluding carboxylic acids is 1. The molecular formula is C16H23NO2. The van der Waals surface area contributed by atoms with Gasteiger partial charge in [0.15, 0.2) is 0 Å². The van der Waals surface area contributed by atoms with Gasteiger partial charge in [0.2, 0.25) is 5.91 Å². The highest BCUT2D eigenvalue weighted by molar-refractivity contribution is 5.81. The van der Waals surface area contributed by atoms with E-state index in [1.807, 2.05) is 6.92 Å². The van der Waals surface area contributed by atoms with E-state index in [0.29, 0.717) is 12.5 Å². The molecule has 1 heterocycles. The predicted octanol–water partition coefficient (Wildman–Crippen LogP) is 3.17. The van der Waals surface area contributed by atoms with Crippen molar-refractivity contribution in [3.8, 4) is 0 Å². The molecule has 1 amide bonds. The van der Waals surface area contributed by atoms with Crippen LogP contribution in [-0.2, 0) is 9.53 Å². The van der Waals surface area contributed by atoms with E-state index in [-0.39, 0.29) is 18.1 Å². The number of carbonyl (C=O) groups is 1. The van der Waals surface area contributed by atoms with Crippen LogP contribution in [-0.4, -0.2) is 18.6 Å². The Labute approximate surface area is 115 Å². The fourth-order valence-electron chi connectivity index (χ4n) is 2.34. The predicted molar refractivity (Wildman–Crippen MR) is 76.1 cm³/mol. The lowest BCUT2D eigenvalue weighted by atomic mass is 9.99. The lowest BCUT2D eigenvalue weighted by Crippen LogP contribution is -2.35. The Morgan fingerprint density at radius 3 is 2.37 bits per heavy atom. The van der Waals surface area contributed by atoms with Gasteiger partial charge in [-0.05, 0) is 36.8 Å². The quantitative estimate of drug-likeness (QED) is 0.904. The van der Waals surface area contributed by atoms with E-state index in [2.05, 4.69) is 43.4 Å². The highest BCUT2D eigenvalue weighted by Crippen LogP contribution is 2.19. The Hall–Kier alpha value is -1.35. The second kappa shape index (κ2) is 6.20. The molecule has 1 saturated heterocycles. The first-order valence-electron chi connectivity index (χ1n) is 7.09. The summed E-state index contributed by atoms with van der Waals surface area (Å²) in [6.07, 6.45) is 1.57. The van der Waals surface area contributed by atoms with Gasteiger partial charge in [0.05, 0.1) is 6.04 Å². The second-order valence-corrected chi connectivity index (χ2v) is 5.55. The summed E-state index contributed by atoms with van der Waals surface area (Å²) in [5.41, 5.74) is 2.46. The zero-order valence-corrected chi connectivity index (χ0v) is 12.0. The van der Waals surface area contributed by atoms with E-state index >= 15 is 0 Å². The Bertz CT molecular complexity index is 419. The van der Waals surface area contributed by atoms with Crippen molar-refractivity contribution in [2.75, 3.05) is 6.61 Å². The molecule has 2 rings (SSSR count). The normalized spacial score (nSPS) is 20.5. The standard InChI is InChI=1S/C16H23NO2/c1-11(2)13-6-8-14(9-7-13)12(3)17-16(18)15-5-4-10-19-15/h6-9,11-12,15H,4-5,10H2,1-3H3,(H,17,18)/t12-,15-/m1/s1. The lowest BCUT2D eigenvalue weighted by Gasteiger charge is -2.18. The third-order valence-electron chi connectivity index (χ3n) is 3.68. The lowest BCUT2D eigenvalue weighted by molar-refractivity contribution is -0.130. The number of ether oxygens (including phenoxy) is 1. The van der Waals surface area contributed by atoms with Crippen molar-refractivity contribution in [1.29, 1.82) is 0 Å². The van der Waals surface area contributed by atoms with Crippen LogP contribution in [0.4, 0.5) is 0 Å². The van der Waals surface area contributed by atoms with Gasteiger partial charge in [-0.25, -0.2) is 0 Å². The Kier molecular flexibility index (Phi) is 4.59. The summed E-state index contributed by atoms with van der Waals surface area (Å²) in [6.45, 7) is 7.07. The zero-order chi connectivity index (χ0) is 13.8. The van der Waals surface area contributed by atoms with Crippen molar-refractivity contribution in [3.63, 3.8) is 0 Å². The van der Waals surface area contributed by atoms with Gasteiger partial charge in [-0.2, -0.15) is 0 Å². The number of nitrogens with one attached hydrogen (secondary N) is 1. The summed E-state index contributed by atoms with van der Waals surface area (Å²) in [7, 11) is 0. The van der Waals surface area contributed by atoms with Crippen LogP contribution in [0, 0.1) is 0 Å². The molecule has 19 heavy (non-hydrogen) atoms. The fraction of sp³-hybridized carbons (Fsp3) is 0.562. The van der Waals surface area contributed by atoms with Crippen LogP contribution in [0.3, 0.4) is 0 Å². The molecule has 3 nitrogen and oxygen atoms in total. The monoisotopic (exact) mass is 261 g/mol. The van der Waals surface area contributed by atoms with Crippen molar-refractivity contribution in [3.05, 3.63) is 35.4 Å². The van der Waals surface area contributed by atoms with E-state index in [9.17, 15) is 4.79 Å². The molecule has 104 valence electrons. The van der Waals surface area contributed by atoms with E-state index in [1.54, 1.807) is 0 Å². The number of rotatable bonds is 4. The van der Waals surface area contributed by atoms with E-state index in [0.717, 1.165) is 18.4 Å². The van der Waals surface area contributed by atoms with E-state index in [4.69, 9.17) is 4.74 Å². The molecule has 1 aromatic rings. The van der Waals surface area contributed by atoms with Crippen LogP contribution in [0.1, 0.15) is 56.7 Å². The first kappa shape index (κ1) is 14.1. The Balaban J connectivity index is 1.95. The summed E-state index contributed by atoms with van der Waals surface area (Å²) < 4.78 is 5.39. The minimum atomic E-state index is -0.252. The zero-order valence-electron chi connectivity index (χ0n) is 12.0. The van der Waals surface area contributed by atoms with E-state index in [1.165, 1.54) is 5.56 Å². The largest absolute Gasteiger partial charge is 0.368 e. The summed E-state index contributed by atoms with van der Waals surface area (Å²) >= 11 is 0. The molecule has 0 bridgehead atoms. The van der Waals surface area contributed by atoms with E-state index < -0.39 is 0 Å². The molecule has 0 aromatic heterocycles. The SMILES string of the molecule is CC(C)c1ccc([C@@H](C)NC(=O)[C@H]2CCCO2)cc1. The summed E-state index contributed by atoms with van der Waals surface area (Å²) in [5, 5.41) is 3.02. The highest BCUT2D eigenvalue weighted by atomic mass is 16.5. The Morgan fingerprint density at radius 1 is 1.21 bits per heavy atom. The van der Waals surface area contributed by atoms with Crippen molar-refractivity contribution in [1.82, 2.24) is 5.32 Å². The van der Waals surface area contributed by atoms with Gasteiger partial charge in [-0.3, -0.25) is 4.79 Å². The van der Waals surface area contributed by atoms with Crippen LogP contribution in [0.5, 0.6) is 0 Å². The van der Waals surface area contributed by atoms with Crippen molar-refractivity contribution in [2.45, 2.75) is 51.7 Å². The number of hydrogen-bond acceptors (Lipinski definition) is 2. The van der Waals surface area contributed by atoms with Gasteiger partial charge in [0.25, 0.3) is 0 Å². The molecule has 1 N–H and O–H groups in total. The fourth-order valence-corrected chi connectivity index (χ4v) is 2.34. The molecule has 1 aliphatic rings. The molecule has 0 unspecified atom stereocenters. The van der Waals surface area contributed by atoms with Gasteiger partial charge >= 0.3 is 0 Å². The number of amides is 1. The maximum Gasteiger partial charge on any atom is 0.249 e. The van der Waals surface area contributed by atoms with Crippen LogP contribution in [0.25, 0.3) is 0 Å². The Morgan fingerprint density at radius 2 is 1.84 bits per heavy atom. The highest BCUT2D eigenvalue weighted by Gasteiger charge is 2.24. The molecule has 0 spiro atoms. The molecular weight excluding hydrogens is 238 g/mol. The van der Waals surface area contributed by atoms with Crippen LogP contribution >= 0.6 is 0 Å². The minimum Gasteiger partial charge on any atom is -0.368 e. The topological polar surface area (TPSA) is 38.3 Å². The molecule has 3 heteroatoms. The summed E-state index contributed by atoms with van der Waals surface area (Å²) in [6, 6.07) is 8.48. The van der Waals surface area contributed by atoms with Crippen molar-refractivity contribution >= 4 is 5.91 Å². The van der Waals surface area contributed by atoms with Crippen LogP contribution in [0.15, 0.2) is 24.3 Å². The molecule has 2 atom stereocenters. The van der Waals surface area contributed by atoms with Gasteiger partial charge in [0, 0.05) is 6.61 Å². The van der Waals surface area contributed by atoms with Gasteiger partial charge < -0.3 is 10.1 Å². The third-order valence-corrected chi connectivity index (χ3v) is 3.68. The molecule has 0 radical (unpaired) electrons. The second-order valence-electron chi connectivity index (χ2n) is 5.55. The van der Waals surface area contributed by atoms with Gasteiger partial charge in [-0.1, -0.05) is 38.1 Å². The number of hydrogen-bond donors (Lipinski definition) is 1. The maximum absolute atomic E-state index is 12.0. The first-order valence-corrected chi connectivity index (χ1v) is 7.09. The summed E-state index contributed by atoms with van der Waals surface area (Å²) in [4.78, 5) is 12.0. The number of benzene rings is 1. The first-order chi connectivity index (χ1) is 9.08. The summed E-state index contributed by atoms with van der Waals surface area (Å²) in [5.74, 6) is 0.545. The minimum absolute atomic E-state index is 0.0120. The molecule has 1 aromatic carbocycles. The van der Waals surface area contributed by atoms with Crippen LogP contribution < -0.4 is 5.32 Å². The molecule has 1 fully saturated rings. The third kappa shape index (κ3) is 3.57. The van der Waals surface area contributed by atoms with Gasteiger partial charge in [-0.15, -0.1) is 0 Å². The van der Waals surface area contributed by atoms with Crippen molar-refractivity contribution in [2.24, 2.45) is 0 Å². The average Bonchev–Trinajstić information content (AvgIpc) is 2.92. The smallest absolute Gasteiger partial charge is 0.249 e. The maximum atomic E-state index is 12.0.